The van der Waals surface area contributed by atoms with Gasteiger partial charge in [0.2, 0.25) is 5.91 Å². The van der Waals surface area contributed by atoms with Gasteiger partial charge in [0.25, 0.3) is 0 Å². The van der Waals surface area contributed by atoms with Gasteiger partial charge in [-0.3, -0.25) is 14.4 Å². The van der Waals surface area contributed by atoms with Crippen LogP contribution in [0.3, 0.4) is 0 Å². The first kappa shape index (κ1) is 22.7. The molecule has 2 aromatic rings. The lowest BCUT2D eigenvalue weighted by Gasteiger charge is -2.62. The van der Waals surface area contributed by atoms with Gasteiger partial charge in [-0.25, -0.2) is 4.79 Å². The first-order valence-corrected chi connectivity index (χ1v) is 11.6. The zero-order valence-corrected chi connectivity index (χ0v) is 19.9. The number of para-hydroxylation sites is 1. The molecule has 1 heterocycles. The number of fused-ring (bicyclic) bond motifs is 3. The average molecular weight is 439 g/mol. The highest BCUT2D eigenvalue weighted by atomic mass is 16.5. The van der Waals surface area contributed by atoms with Crippen LogP contribution in [-0.4, -0.2) is 45.5 Å². The summed E-state index contributed by atoms with van der Waals surface area (Å²) in [5.74, 6) is 0.141. The van der Waals surface area contributed by atoms with Gasteiger partial charge in [-0.05, 0) is 62.5 Å². The van der Waals surface area contributed by atoms with Crippen LogP contribution >= 0.6 is 0 Å². The third kappa shape index (κ3) is 3.40. The molecule has 0 spiro atoms. The summed E-state index contributed by atoms with van der Waals surface area (Å²) >= 11 is 0. The molecule has 5 rings (SSSR count). The largest absolute Gasteiger partial charge is 0.464 e. The third-order valence-electron chi connectivity index (χ3n) is 8.00. The summed E-state index contributed by atoms with van der Waals surface area (Å²) < 4.78 is 7.06. The Labute approximate surface area is 189 Å². The smallest absolute Gasteiger partial charge is 0.331 e. The van der Waals surface area contributed by atoms with E-state index in [2.05, 4.69) is 13.8 Å². The second-order valence-electron chi connectivity index (χ2n) is 10.1. The predicted molar refractivity (Wildman–Crippen MR) is 125 cm³/mol. The van der Waals surface area contributed by atoms with E-state index >= 15 is 0 Å². The first-order chi connectivity index (χ1) is 15.0. The monoisotopic (exact) mass is 438 g/mol. The highest BCUT2D eigenvalue weighted by molar-refractivity contribution is 5.97. The van der Waals surface area contributed by atoms with Crippen LogP contribution in [0.2, 0.25) is 0 Å². The second-order valence-corrected chi connectivity index (χ2v) is 10.1. The standard InChI is InChI=1S/C26H34N2O4/c1-7-32-24(30)20(27-23-13-17-12-22(25(17,4)5)26(23,6)31)14-19-15(2)28(16(3)29)21-11-9-8-10-18(19)21/h8-11,17,20,22,31H,7,12-14H2,1-6H3/t17-,20+,22-,26-/m0/s1. The Morgan fingerprint density at radius 2 is 1.97 bits per heavy atom. The fraction of sp³-hybridized carbons (Fsp3) is 0.577. The molecule has 0 radical (unpaired) electrons. The molecule has 2 bridgehead atoms. The van der Waals surface area contributed by atoms with E-state index in [4.69, 9.17) is 9.73 Å². The molecule has 0 saturated heterocycles. The van der Waals surface area contributed by atoms with Gasteiger partial charge in [-0.1, -0.05) is 32.0 Å². The number of benzene rings is 1. The maximum atomic E-state index is 13.0. The summed E-state index contributed by atoms with van der Waals surface area (Å²) in [6.45, 7) is 11.7. The SMILES string of the molecule is CCOC(=O)[C@@H](Cc1c(C)n(C(C)=O)c2ccccc12)N=C1C[C@@H]2C[C@@H](C2(C)C)[C@]1(C)O. The van der Waals surface area contributed by atoms with Crippen molar-refractivity contribution in [3.05, 3.63) is 35.5 Å². The van der Waals surface area contributed by atoms with Crippen LogP contribution in [0.15, 0.2) is 29.3 Å². The normalized spacial score (nSPS) is 28.4. The van der Waals surface area contributed by atoms with Crippen LogP contribution in [0, 0.1) is 24.2 Å². The molecule has 0 amide bonds. The van der Waals surface area contributed by atoms with Gasteiger partial charge in [0.05, 0.1) is 12.1 Å². The van der Waals surface area contributed by atoms with E-state index in [-0.39, 0.29) is 23.8 Å². The number of nitrogens with zero attached hydrogens (tertiary/aromatic N) is 2. The number of hydrogen-bond acceptors (Lipinski definition) is 5. The van der Waals surface area contributed by atoms with Crippen molar-refractivity contribution in [2.75, 3.05) is 6.61 Å². The molecule has 6 heteroatoms. The van der Waals surface area contributed by atoms with Crippen molar-refractivity contribution in [3.63, 3.8) is 0 Å². The molecule has 4 atom stereocenters. The van der Waals surface area contributed by atoms with Crippen LogP contribution in [0.5, 0.6) is 0 Å². The predicted octanol–water partition coefficient (Wildman–Crippen LogP) is 4.34. The lowest BCUT2D eigenvalue weighted by atomic mass is 9.44. The first-order valence-electron chi connectivity index (χ1n) is 11.6. The van der Waals surface area contributed by atoms with Gasteiger partial charge >= 0.3 is 5.97 Å². The molecule has 0 unspecified atom stereocenters. The second kappa shape index (κ2) is 7.84. The minimum atomic E-state index is -1.04. The molecule has 3 saturated carbocycles. The van der Waals surface area contributed by atoms with E-state index in [1.807, 2.05) is 38.1 Å². The fourth-order valence-electron chi connectivity index (χ4n) is 6.04. The number of aliphatic hydroxyl groups is 1. The molecule has 3 fully saturated rings. The summed E-state index contributed by atoms with van der Waals surface area (Å²) in [7, 11) is 0. The van der Waals surface area contributed by atoms with Crippen molar-refractivity contribution in [2.24, 2.45) is 22.2 Å². The highest BCUT2D eigenvalue weighted by Crippen LogP contribution is 2.61. The number of rotatable bonds is 5. The van der Waals surface area contributed by atoms with Crippen LogP contribution in [0.25, 0.3) is 10.9 Å². The van der Waals surface area contributed by atoms with Crippen molar-refractivity contribution in [1.82, 2.24) is 4.57 Å². The lowest BCUT2D eigenvalue weighted by molar-refractivity contribution is -0.145. The molecular formula is C26H34N2O4. The van der Waals surface area contributed by atoms with Gasteiger partial charge < -0.3 is 9.84 Å². The van der Waals surface area contributed by atoms with Gasteiger partial charge in [-0.2, -0.15) is 0 Å². The topological polar surface area (TPSA) is 80.9 Å². The fourth-order valence-corrected chi connectivity index (χ4v) is 6.04. The minimum Gasteiger partial charge on any atom is -0.464 e. The summed E-state index contributed by atoms with van der Waals surface area (Å²) in [5.41, 5.74) is 2.30. The number of aromatic nitrogens is 1. The summed E-state index contributed by atoms with van der Waals surface area (Å²) in [5, 5.41) is 12.3. The summed E-state index contributed by atoms with van der Waals surface area (Å²) in [6, 6.07) is 6.96. The molecule has 0 aliphatic heterocycles. The van der Waals surface area contributed by atoms with Crippen LogP contribution in [0.4, 0.5) is 0 Å². The maximum Gasteiger partial charge on any atom is 0.331 e. The number of hydrogen-bond donors (Lipinski definition) is 1. The van der Waals surface area contributed by atoms with Crippen molar-refractivity contribution in [2.45, 2.75) is 72.4 Å². The average Bonchev–Trinajstić information content (AvgIpc) is 2.99. The number of ether oxygens (including phenoxy) is 1. The quantitative estimate of drug-likeness (QED) is 0.704. The van der Waals surface area contributed by atoms with Gasteiger partial charge in [0.15, 0.2) is 6.04 Å². The number of carbonyl (C=O) groups excluding carboxylic acids is 2. The van der Waals surface area contributed by atoms with E-state index in [9.17, 15) is 14.7 Å². The van der Waals surface area contributed by atoms with Crippen LogP contribution < -0.4 is 0 Å². The van der Waals surface area contributed by atoms with Gasteiger partial charge in [0.1, 0.15) is 5.60 Å². The number of esters is 1. The molecule has 1 N–H and O–H groups in total. The Bertz CT molecular complexity index is 1110. The van der Waals surface area contributed by atoms with Gasteiger partial charge in [0, 0.05) is 30.1 Å². The van der Waals surface area contributed by atoms with E-state index in [1.54, 1.807) is 18.4 Å². The molecule has 3 aliphatic carbocycles. The van der Waals surface area contributed by atoms with Crippen molar-refractivity contribution in [1.29, 1.82) is 0 Å². The summed E-state index contributed by atoms with van der Waals surface area (Å²) in [4.78, 5) is 30.1. The van der Waals surface area contributed by atoms with Crippen molar-refractivity contribution >= 4 is 28.5 Å². The van der Waals surface area contributed by atoms with E-state index in [0.717, 1.165) is 28.6 Å². The van der Waals surface area contributed by atoms with E-state index < -0.39 is 17.6 Å². The molecule has 1 aromatic heterocycles. The maximum absolute atomic E-state index is 13.0. The molecule has 3 aliphatic rings. The zero-order valence-electron chi connectivity index (χ0n) is 19.9. The molecule has 1 aromatic carbocycles. The Balaban J connectivity index is 1.76. The Morgan fingerprint density at radius 1 is 1.28 bits per heavy atom. The Morgan fingerprint density at radius 3 is 2.56 bits per heavy atom. The van der Waals surface area contributed by atoms with Crippen molar-refractivity contribution < 1.29 is 19.4 Å². The van der Waals surface area contributed by atoms with Crippen molar-refractivity contribution in [3.8, 4) is 0 Å². The number of aliphatic imine (C=N–C) groups is 1. The Hall–Kier alpha value is -2.47. The Kier molecular flexibility index (Phi) is 5.56. The molecule has 32 heavy (non-hydrogen) atoms. The van der Waals surface area contributed by atoms with Gasteiger partial charge in [-0.15, -0.1) is 0 Å². The van der Waals surface area contributed by atoms with Crippen LogP contribution in [-0.2, 0) is 16.0 Å². The zero-order chi connectivity index (χ0) is 23.4. The summed E-state index contributed by atoms with van der Waals surface area (Å²) in [6.07, 6.45) is 2.01. The van der Waals surface area contributed by atoms with E-state index in [0.29, 0.717) is 24.5 Å². The number of carbonyl (C=O) groups is 2. The molecule has 6 nitrogen and oxygen atoms in total. The van der Waals surface area contributed by atoms with Crippen LogP contribution in [0.1, 0.15) is 63.5 Å². The highest BCUT2D eigenvalue weighted by Gasteiger charge is 2.61. The molecule has 172 valence electrons. The molecular weight excluding hydrogens is 404 g/mol. The minimum absolute atomic E-state index is 0.0681. The van der Waals surface area contributed by atoms with E-state index in [1.165, 1.54) is 0 Å². The third-order valence-corrected chi connectivity index (χ3v) is 8.00. The lowest BCUT2D eigenvalue weighted by Crippen LogP contribution is -2.65.